The molecular formula is C9H19N3O2S. The highest BCUT2D eigenvalue weighted by atomic mass is 32.2. The third-order valence-corrected chi connectivity index (χ3v) is 4.33. The van der Waals surface area contributed by atoms with Crippen LogP contribution in [-0.2, 0) is 10.2 Å². The fraction of sp³-hybridized carbons (Fsp3) is 1.00. The first kappa shape index (κ1) is 11.3. The Kier molecular flexibility index (Phi) is 3.03. The summed E-state index contributed by atoms with van der Waals surface area (Å²) in [4.78, 5) is 2.39. The van der Waals surface area contributed by atoms with Crippen LogP contribution in [0.3, 0.4) is 0 Å². The van der Waals surface area contributed by atoms with Crippen LogP contribution in [-0.4, -0.2) is 38.5 Å². The molecule has 0 saturated carbocycles. The van der Waals surface area contributed by atoms with E-state index in [-0.39, 0.29) is 6.04 Å². The van der Waals surface area contributed by atoms with Crippen LogP contribution in [0.25, 0.3) is 0 Å². The summed E-state index contributed by atoms with van der Waals surface area (Å²) in [7, 11) is -1.40. The minimum atomic E-state index is -3.54. The van der Waals surface area contributed by atoms with Crippen LogP contribution in [0.2, 0.25) is 0 Å². The van der Waals surface area contributed by atoms with Crippen molar-refractivity contribution in [2.24, 2.45) is 5.14 Å². The first-order chi connectivity index (χ1) is 6.96. The molecule has 2 saturated heterocycles. The van der Waals surface area contributed by atoms with Crippen molar-refractivity contribution in [1.82, 2.24) is 9.62 Å². The molecule has 0 aliphatic carbocycles. The molecule has 2 aliphatic heterocycles. The monoisotopic (exact) mass is 233 g/mol. The Balaban J connectivity index is 2.01. The molecule has 2 heterocycles. The largest absolute Gasteiger partial charge is 0.300 e. The summed E-state index contributed by atoms with van der Waals surface area (Å²) in [6, 6.07) is 1.08. The van der Waals surface area contributed by atoms with E-state index in [0.717, 1.165) is 12.8 Å². The lowest BCUT2D eigenvalue weighted by molar-refractivity contribution is 0.0536. The average Bonchev–Trinajstić information content (AvgIpc) is 2.04. The van der Waals surface area contributed by atoms with Gasteiger partial charge in [0.2, 0.25) is 0 Å². The lowest BCUT2D eigenvalue weighted by Gasteiger charge is -2.46. The van der Waals surface area contributed by atoms with Crippen molar-refractivity contribution < 1.29 is 8.42 Å². The highest BCUT2D eigenvalue weighted by Gasteiger charge is 2.36. The van der Waals surface area contributed by atoms with Gasteiger partial charge in [-0.25, -0.2) is 5.14 Å². The van der Waals surface area contributed by atoms with E-state index in [0.29, 0.717) is 12.1 Å². The number of fused-ring (bicyclic) bond motifs is 2. The van der Waals surface area contributed by atoms with Gasteiger partial charge in [0.15, 0.2) is 0 Å². The second-order valence-corrected chi connectivity index (χ2v) is 6.06. The van der Waals surface area contributed by atoms with E-state index in [1.165, 1.54) is 19.3 Å². The van der Waals surface area contributed by atoms with Gasteiger partial charge in [-0.2, -0.15) is 13.1 Å². The maximum Gasteiger partial charge on any atom is 0.274 e. The van der Waals surface area contributed by atoms with E-state index in [2.05, 4.69) is 16.7 Å². The summed E-state index contributed by atoms with van der Waals surface area (Å²) in [5.74, 6) is 0. The molecule has 0 aromatic heterocycles. The summed E-state index contributed by atoms with van der Waals surface area (Å²) < 4.78 is 24.4. The number of nitrogens with one attached hydrogen (secondary N) is 1. The molecule has 2 fully saturated rings. The quantitative estimate of drug-likeness (QED) is 0.693. The lowest BCUT2D eigenvalue weighted by Crippen LogP contribution is -2.55. The Morgan fingerprint density at radius 3 is 2.27 bits per heavy atom. The zero-order chi connectivity index (χ0) is 11.1. The molecule has 2 unspecified atom stereocenters. The van der Waals surface area contributed by atoms with Gasteiger partial charge in [0.05, 0.1) is 0 Å². The van der Waals surface area contributed by atoms with Gasteiger partial charge in [0, 0.05) is 18.1 Å². The molecule has 0 aromatic carbocycles. The Bertz CT molecular complexity index is 316. The van der Waals surface area contributed by atoms with E-state index in [9.17, 15) is 8.42 Å². The van der Waals surface area contributed by atoms with Crippen LogP contribution in [0.1, 0.15) is 32.1 Å². The first-order valence-electron chi connectivity index (χ1n) is 5.47. The molecule has 0 amide bonds. The number of hydrogen-bond donors (Lipinski definition) is 2. The Morgan fingerprint density at radius 1 is 1.27 bits per heavy atom. The predicted molar refractivity (Wildman–Crippen MR) is 58.5 cm³/mol. The average molecular weight is 233 g/mol. The smallest absolute Gasteiger partial charge is 0.274 e. The number of nitrogens with zero attached hydrogens (tertiary/aromatic N) is 1. The van der Waals surface area contributed by atoms with Gasteiger partial charge in [-0.05, 0) is 32.7 Å². The standard InChI is InChI=1S/C9H19N3O2S/c1-12-8-3-2-4-9(12)6-7(5-8)11-15(10,13)14/h7-9,11H,2-6H2,1H3,(H2,10,13,14). The van der Waals surface area contributed by atoms with E-state index >= 15 is 0 Å². The maximum absolute atomic E-state index is 11.0. The molecular weight excluding hydrogens is 214 g/mol. The van der Waals surface area contributed by atoms with Gasteiger partial charge in [0.1, 0.15) is 0 Å². The summed E-state index contributed by atoms with van der Waals surface area (Å²) in [6.07, 6.45) is 5.40. The Hall–Kier alpha value is -0.170. The molecule has 0 spiro atoms. The molecule has 0 aromatic rings. The zero-order valence-electron chi connectivity index (χ0n) is 9.02. The molecule has 2 bridgehead atoms. The summed E-state index contributed by atoms with van der Waals surface area (Å²) >= 11 is 0. The van der Waals surface area contributed by atoms with Gasteiger partial charge in [-0.3, -0.25) is 0 Å². The topological polar surface area (TPSA) is 75.4 Å². The van der Waals surface area contributed by atoms with Crippen LogP contribution in [0.5, 0.6) is 0 Å². The molecule has 2 aliphatic rings. The van der Waals surface area contributed by atoms with Crippen molar-refractivity contribution in [3.8, 4) is 0 Å². The van der Waals surface area contributed by atoms with Crippen LogP contribution in [0.15, 0.2) is 0 Å². The van der Waals surface area contributed by atoms with Crippen molar-refractivity contribution in [2.75, 3.05) is 7.05 Å². The highest BCUT2D eigenvalue weighted by molar-refractivity contribution is 7.87. The Labute approximate surface area is 91.2 Å². The number of hydrogen-bond acceptors (Lipinski definition) is 3. The maximum atomic E-state index is 11.0. The van der Waals surface area contributed by atoms with Crippen molar-refractivity contribution in [3.05, 3.63) is 0 Å². The normalized spacial score (nSPS) is 37.9. The summed E-state index contributed by atoms with van der Waals surface area (Å²) in [5, 5.41) is 5.00. The van der Waals surface area contributed by atoms with Crippen LogP contribution in [0, 0.1) is 0 Å². The molecule has 5 nitrogen and oxygen atoms in total. The highest BCUT2D eigenvalue weighted by Crippen LogP contribution is 2.32. The van der Waals surface area contributed by atoms with Gasteiger partial charge in [-0.1, -0.05) is 6.42 Å². The van der Waals surface area contributed by atoms with Gasteiger partial charge < -0.3 is 4.90 Å². The predicted octanol–water partition coefficient (Wildman–Crippen LogP) is -0.205. The second kappa shape index (κ2) is 4.01. The van der Waals surface area contributed by atoms with E-state index in [1.807, 2.05) is 0 Å². The van der Waals surface area contributed by atoms with Crippen LogP contribution in [0.4, 0.5) is 0 Å². The van der Waals surface area contributed by atoms with Crippen LogP contribution >= 0.6 is 0 Å². The van der Waals surface area contributed by atoms with E-state index in [1.54, 1.807) is 0 Å². The van der Waals surface area contributed by atoms with E-state index < -0.39 is 10.2 Å². The van der Waals surface area contributed by atoms with Crippen molar-refractivity contribution >= 4 is 10.2 Å². The van der Waals surface area contributed by atoms with Crippen LogP contribution < -0.4 is 9.86 Å². The second-order valence-electron chi connectivity index (χ2n) is 4.74. The molecule has 2 atom stereocenters. The molecule has 6 heteroatoms. The van der Waals surface area contributed by atoms with Gasteiger partial charge in [0.25, 0.3) is 10.2 Å². The molecule has 15 heavy (non-hydrogen) atoms. The first-order valence-corrected chi connectivity index (χ1v) is 7.02. The summed E-state index contributed by atoms with van der Waals surface area (Å²) in [6.45, 7) is 0. The molecule has 88 valence electrons. The minimum Gasteiger partial charge on any atom is -0.300 e. The minimum absolute atomic E-state index is 0.0338. The number of piperidine rings is 2. The van der Waals surface area contributed by atoms with Crippen molar-refractivity contribution in [3.63, 3.8) is 0 Å². The number of nitrogens with two attached hydrogens (primary N) is 1. The van der Waals surface area contributed by atoms with Crippen molar-refractivity contribution in [2.45, 2.75) is 50.2 Å². The molecule has 0 radical (unpaired) electrons. The third-order valence-electron chi connectivity index (χ3n) is 3.67. The summed E-state index contributed by atoms with van der Waals surface area (Å²) in [5.41, 5.74) is 0. The van der Waals surface area contributed by atoms with Gasteiger partial charge >= 0.3 is 0 Å². The van der Waals surface area contributed by atoms with Crippen molar-refractivity contribution in [1.29, 1.82) is 0 Å². The Morgan fingerprint density at radius 2 is 1.80 bits per heavy atom. The lowest BCUT2D eigenvalue weighted by atomic mass is 9.83. The molecule has 3 N–H and O–H groups in total. The number of rotatable bonds is 2. The fourth-order valence-electron chi connectivity index (χ4n) is 2.94. The van der Waals surface area contributed by atoms with E-state index in [4.69, 9.17) is 5.14 Å². The molecule has 2 rings (SSSR count). The van der Waals surface area contributed by atoms with Gasteiger partial charge in [-0.15, -0.1) is 0 Å². The fourth-order valence-corrected chi connectivity index (χ4v) is 3.60. The third kappa shape index (κ3) is 2.69. The SMILES string of the molecule is CN1C2CCCC1CC(NS(N)(=O)=O)C2. The zero-order valence-corrected chi connectivity index (χ0v) is 9.83.